The van der Waals surface area contributed by atoms with Crippen LogP contribution in [-0.2, 0) is 38.6 Å². The zero-order valence-corrected chi connectivity index (χ0v) is 45.2. The molecule has 0 spiro atoms. The lowest BCUT2D eigenvalue weighted by Crippen LogP contribution is -2.15. The van der Waals surface area contributed by atoms with Crippen LogP contribution in [0.4, 0.5) is 22.7 Å². The van der Waals surface area contributed by atoms with E-state index in [4.69, 9.17) is 0 Å². The first-order chi connectivity index (χ1) is 34.9. The van der Waals surface area contributed by atoms with E-state index in [0.717, 1.165) is 132 Å². The van der Waals surface area contributed by atoms with Crippen molar-refractivity contribution in [3.63, 3.8) is 0 Å². The maximum atomic E-state index is 4.67. The number of anilines is 2. The summed E-state index contributed by atoms with van der Waals surface area (Å²) in [6, 6.07) is 10.4. The van der Waals surface area contributed by atoms with Gasteiger partial charge < -0.3 is 10.6 Å². The van der Waals surface area contributed by atoms with Crippen molar-refractivity contribution in [2.75, 3.05) is 10.6 Å². The van der Waals surface area contributed by atoms with Gasteiger partial charge in [0.15, 0.2) is 0 Å². The van der Waals surface area contributed by atoms with Crippen LogP contribution in [0.2, 0.25) is 0 Å². The third-order valence-electron chi connectivity index (χ3n) is 11.0. The number of hydrogen-bond acceptors (Lipinski definition) is 14. The molecule has 16 nitrogen and oxygen atoms in total. The lowest BCUT2D eigenvalue weighted by atomic mass is 10.0. The van der Waals surface area contributed by atoms with E-state index in [2.05, 4.69) is 176 Å². The van der Waals surface area contributed by atoms with E-state index in [0.29, 0.717) is 6.42 Å². The smallest absolute Gasteiger partial charge is 0.106 e. The molecule has 7 aromatic rings. The fraction of sp³-hybridized carbons (Fsp3) is 0.492. The maximum Gasteiger partial charge on any atom is 0.106 e. The molecule has 8 heterocycles. The number of aryl methyl sites for hydroxylation is 7. The molecular weight excluding hydrogens is 981 g/mol. The molecule has 0 unspecified atom stereocenters. The molecule has 0 bridgehead atoms. The van der Waals surface area contributed by atoms with Gasteiger partial charge in [0.1, 0.15) is 11.7 Å². The number of nitrogens with one attached hydrogen (secondary N) is 3. The van der Waals surface area contributed by atoms with Crippen LogP contribution in [0.3, 0.4) is 0 Å². The first-order valence-corrected chi connectivity index (χ1v) is 25.7. The van der Waals surface area contributed by atoms with Crippen molar-refractivity contribution in [2.45, 2.75) is 213 Å². The molecule has 2 aromatic carbocycles. The minimum absolute atomic E-state index is 0. The maximum absolute atomic E-state index is 4.67. The standard InChI is InChI=1S/C15H14N4.C12H14N4.3C7H12N2.C5H6N2.C3H8.7CH4/c1-3-13-18-11-6-4-9-14-10(17-8(2)16-9)5-7-12(19-13)15(11)14;1-3-10-6-14-8-12(16-10)4-11-7-13-5-9(2)15-11;1-3-7-5-6-9(4-2)8-7;1-3-6-5-8-9-7(6)4-2;1-3-6-5-7(4-2)9-8-6;1-5-4-6-2-3-7-5;1-3-2;;;;;;;/h4-7H,3H2,1-2H3,(H,16,17)(H,18,19);5-8H,3-4H2,1-2H3;5-6H,3-4H2,1-2H3;5H,3-4H2,1-2H3,(H,8,9);3-5H2,1-2H3;2-4H,1H3;3H2,1-2H3;7*1H4. The van der Waals surface area contributed by atoms with Gasteiger partial charge in [-0.15, -0.1) is 0 Å². The average Bonchev–Trinajstić information content (AvgIpc) is 4.21. The topological polar surface area (TPSA) is 197 Å². The zero-order chi connectivity index (χ0) is 52.3. The molecule has 16 heteroatoms. The number of amidine groups is 2. The molecule has 0 atom stereocenters. The van der Waals surface area contributed by atoms with Crippen LogP contribution in [0.25, 0.3) is 10.8 Å². The van der Waals surface area contributed by atoms with E-state index in [9.17, 15) is 0 Å². The van der Waals surface area contributed by atoms with Gasteiger partial charge in [0, 0.05) is 115 Å². The summed E-state index contributed by atoms with van der Waals surface area (Å²) in [4.78, 5) is 34.1. The third kappa shape index (κ3) is 25.3. The Balaban J connectivity index is -0.000000430. The molecule has 0 radical (unpaired) electrons. The second-order valence-electron chi connectivity index (χ2n) is 16.9. The lowest BCUT2D eigenvalue weighted by molar-refractivity contribution is 0.648. The van der Waals surface area contributed by atoms with Crippen LogP contribution in [0.15, 0.2) is 106 Å². The largest absolute Gasteiger partial charge is 0.343 e. The van der Waals surface area contributed by atoms with Gasteiger partial charge in [-0.05, 0) is 102 Å². The Bertz CT molecular complexity index is 2780. The number of benzene rings is 2. The Labute approximate surface area is 479 Å². The molecule has 0 aliphatic carbocycles. The van der Waals surface area contributed by atoms with Gasteiger partial charge in [-0.3, -0.25) is 39.7 Å². The van der Waals surface area contributed by atoms with Crippen molar-refractivity contribution in [1.82, 2.24) is 49.9 Å². The van der Waals surface area contributed by atoms with E-state index in [1.807, 2.05) is 37.8 Å². The number of H-pyrrole nitrogens is 1. The SMILES string of the molecule is C.C.C.C.C.C.C.CCC.CCC1=NN=C(CC)C1.CCC1=Nc2ccc3c4c(ccc(c24)N1)N=C(C)N3.CCc1ccn(CC)n1.CCc1cn[nH]c1CC.CCc1cncc(Cc2cncc(C)n2)n1.Cc1cnccn1. The molecule has 10 rings (SSSR count). The Kier molecular flexibility index (Phi) is 42.2. The molecule has 0 amide bonds. The second kappa shape index (κ2) is 42.6. The van der Waals surface area contributed by atoms with Gasteiger partial charge in [0.2, 0.25) is 0 Å². The quantitative estimate of drug-likeness (QED) is 0.118. The summed E-state index contributed by atoms with van der Waals surface area (Å²) in [5.41, 5.74) is 15.3. The highest BCUT2D eigenvalue weighted by molar-refractivity contribution is 6.22. The van der Waals surface area contributed by atoms with Gasteiger partial charge in [0.25, 0.3) is 0 Å². The van der Waals surface area contributed by atoms with Crippen LogP contribution in [0, 0.1) is 13.8 Å². The number of nitrogens with zero attached hydrogens (tertiary/aromatic N) is 13. The normalized spacial score (nSPS) is 11.1. The number of hydrogen-bond donors (Lipinski definition) is 3. The number of aromatic amines is 1. The van der Waals surface area contributed by atoms with Crippen LogP contribution in [0.5, 0.6) is 0 Å². The van der Waals surface area contributed by atoms with Crippen molar-refractivity contribution in [2.24, 2.45) is 20.2 Å². The minimum Gasteiger partial charge on any atom is -0.343 e. The van der Waals surface area contributed by atoms with Crippen molar-refractivity contribution < 1.29 is 0 Å². The lowest BCUT2D eigenvalue weighted by Gasteiger charge is -2.23. The van der Waals surface area contributed by atoms with Crippen LogP contribution >= 0.6 is 0 Å². The average molecular weight is 1090 g/mol. The zero-order valence-electron chi connectivity index (χ0n) is 45.2. The van der Waals surface area contributed by atoms with Gasteiger partial charge in [0.05, 0.1) is 51.7 Å². The molecular formula is C63H106N16. The number of aliphatic imine (C=N–C) groups is 2. The summed E-state index contributed by atoms with van der Waals surface area (Å²) >= 11 is 0. The summed E-state index contributed by atoms with van der Waals surface area (Å²) in [5.74, 6) is 1.94. The molecule has 3 aliphatic heterocycles. The van der Waals surface area contributed by atoms with Crippen molar-refractivity contribution in [1.29, 1.82) is 0 Å². The summed E-state index contributed by atoms with van der Waals surface area (Å²) < 4.78 is 1.94. The van der Waals surface area contributed by atoms with E-state index in [1.54, 1.807) is 43.4 Å². The Morgan fingerprint density at radius 2 is 1.06 bits per heavy atom. The summed E-state index contributed by atoms with van der Waals surface area (Å²) in [6.07, 6.45) is 26.1. The molecule has 0 saturated heterocycles. The van der Waals surface area contributed by atoms with Crippen LogP contribution < -0.4 is 10.6 Å². The third-order valence-corrected chi connectivity index (χ3v) is 11.0. The van der Waals surface area contributed by atoms with Gasteiger partial charge >= 0.3 is 0 Å². The highest BCUT2D eigenvalue weighted by Crippen LogP contribution is 2.45. The van der Waals surface area contributed by atoms with Crippen LogP contribution in [0.1, 0.15) is 206 Å². The summed E-state index contributed by atoms with van der Waals surface area (Å²) in [7, 11) is 0. The van der Waals surface area contributed by atoms with E-state index in [1.165, 1.54) is 34.8 Å². The molecule has 0 saturated carbocycles. The number of aromatic nitrogens is 10. The molecule has 438 valence electrons. The predicted octanol–water partition coefficient (Wildman–Crippen LogP) is 17.6. The number of rotatable bonds is 10. The molecule has 0 fully saturated rings. The monoisotopic (exact) mass is 1090 g/mol. The molecule has 79 heavy (non-hydrogen) atoms. The molecule has 5 aromatic heterocycles. The van der Waals surface area contributed by atoms with Crippen molar-refractivity contribution >= 4 is 56.6 Å². The highest BCUT2D eigenvalue weighted by Gasteiger charge is 2.20. The first-order valence-electron chi connectivity index (χ1n) is 25.7. The molecule has 3 aliphatic rings. The summed E-state index contributed by atoms with van der Waals surface area (Å²) in [6.45, 7) is 27.9. The fourth-order valence-electron chi connectivity index (χ4n) is 7.18. The van der Waals surface area contributed by atoms with Crippen molar-refractivity contribution in [3.05, 3.63) is 132 Å². The van der Waals surface area contributed by atoms with Crippen LogP contribution in [-0.4, -0.2) is 73.0 Å². The van der Waals surface area contributed by atoms with E-state index >= 15 is 0 Å². The van der Waals surface area contributed by atoms with Crippen molar-refractivity contribution in [3.8, 4) is 0 Å². The minimum atomic E-state index is 0. The van der Waals surface area contributed by atoms with Gasteiger partial charge in [-0.2, -0.15) is 20.4 Å². The molecule has 3 N–H and O–H groups in total. The van der Waals surface area contributed by atoms with E-state index in [-0.39, 0.29) is 52.0 Å². The first kappa shape index (κ1) is 78.1. The second-order valence-corrected chi connectivity index (χ2v) is 16.9. The van der Waals surface area contributed by atoms with Gasteiger partial charge in [-0.25, -0.2) is 9.98 Å². The summed E-state index contributed by atoms with van der Waals surface area (Å²) in [5, 5.41) is 28.2. The fourth-order valence-corrected chi connectivity index (χ4v) is 7.18. The Morgan fingerprint density at radius 3 is 1.51 bits per heavy atom. The predicted molar refractivity (Wildman–Crippen MR) is 347 cm³/mol. The Hall–Kier alpha value is -7.36. The Morgan fingerprint density at radius 1 is 0.506 bits per heavy atom. The van der Waals surface area contributed by atoms with E-state index < -0.39 is 0 Å². The van der Waals surface area contributed by atoms with Gasteiger partial charge in [-0.1, -0.05) is 121 Å². The highest BCUT2D eigenvalue weighted by atomic mass is 15.3.